The predicted molar refractivity (Wildman–Crippen MR) is 88.7 cm³/mol. The third-order valence-electron chi connectivity index (χ3n) is 3.87. The summed E-state index contributed by atoms with van der Waals surface area (Å²) in [6.45, 7) is 1.33. The van der Waals surface area contributed by atoms with Gasteiger partial charge in [-0.1, -0.05) is 0 Å². The van der Waals surface area contributed by atoms with Crippen molar-refractivity contribution in [2.75, 3.05) is 18.0 Å². The number of sulfonamides is 1. The molecule has 0 aliphatic carbocycles. The molecule has 2 aromatic rings. The van der Waals surface area contributed by atoms with Gasteiger partial charge in [0, 0.05) is 31.5 Å². The lowest BCUT2D eigenvalue weighted by Gasteiger charge is -2.32. The first-order valence-corrected chi connectivity index (χ1v) is 9.11. The fourth-order valence-corrected chi connectivity index (χ4v) is 3.97. The topological polar surface area (TPSA) is 99.0 Å². The molecule has 3 rings (SSSR count). The van der Waals surface area contributed by atoms with Gasteiger partial charge in [0.15, 0.2) is 0 Å². The van der Waals surface area contributed by atoms with Gasteiger partial charge < -0.3 is 4.90 Å². The highest BCUT2D eigenvalue weighted by Crippen LogP contribution is 2.18. The van der Waals surface area contributed by atoms with Crippen molar-refractivity contribution in [2.45, 2.75) is 23.8 Å². The fraction of sp³-hybridized carbons (Fsp3) is 0.312. The molecule has 1 N–H and O–H groups in total. The van der Waals surface area contributed by atoms with Crippen molar-refractivity contribution in [3.05, 3.63) is 48.3 Å². The van der Waals surface area contributed by atoms with Crippen LogP contribution >= 0.6 is 0 Å². The Balaban J connectivity index is 1.71. The molecule has 1 aliphatic heterocycles. The van der Waals surface area contributed by atoms with Gasteiger partial charge in [-0.2, -0.15) is 5.26 Å². The van der Waals surface area contributed by atoms with Crippen LogP contribution in [-0.2, 0) is 10.0 Å². The monoisotopic (exact) mass is 343 g/mol. The van der Waals surface area contributed by atoms with Crippen molar-refractivity contribution >= 4 is 16.0 Å². The van der Waals surface area contributed by atoms with Crippen molar-refractivity contribution in [1.29, 1.82) is 5.26 Å². The number of hydrogen-bond donors (Lipinski definition) is 1. The second-order valence-electron chi connectivity index (χ2n) is 5.59. The summed E-state index contributed by atoms with van der Waals surface area (Å²) in [5.74, 6) is 0.611. The summed E-state index contributed by atoms with van der Waals surface area (Å²) >= 11 is 0. The van der Waals surface area contributed by atoms with E-state index in [2.05, 4.69) is 14.7 Å². The molecule has 1 atom stereocenters. The third-order valence-corrected chi connectivity index (χ3v) is 5.41. The Hall–Kier alpha value is -2.50. The first-order valence-electron chi connectivity index (χ1n) is 7.63. The lowest BCUT2D eigenvalue weighted by Crippen LogP contribution is -2.48. The van der Waals surface area contributed by atoms with E-state index in [4.69, 9.17) is 5.26 Å². The number of benzene rings is 1. The Labute approximate surface area is 141 Å². The van der Waals surface area contributed by atoms with Crippen LogP contribution in [0, 0.1) is 11.3 Å². The Morgan fingerprint density at radius 3 is 2.58 bits per heavy atom. The van der Waals surface area contributed by atoms with E-state index in [0.29, 0.717) is 18.1 Å². The molecule has 0 unspecified atom stereocenters. The van der Waals surface area contributed by atoms with Crippen LogP contribution in [0.25, 0.3) is 0 Å². The van der Waals surface area contributed by atoms with Gasteiger partial charge in [0.2, 0.25) is 16.0 Å². The molecule has 1 aromatic carbocycles. The minimum atomic E-state index is -3.62. The van der Waals surface area contributed by atoms with E-state index in [1.165, 1.54) is 24.3 Å². The number of nitrogens with zero attached hydrogens (tertiary/aromatic N) is 4. The molecular formula is C16H17N5O2S. The van der Waals surface area contributed by atoms with Crippen LogP contribution in [0.15, 0.2) is 47.6 Å². The Kier molecular flexibility index (Phi) is 4.74. The Morgan fingerprint density at radius 2 is 1.92 bits per heavy atom. The molecule has 2 heterocycles. The van der Waals surface area contributed by atoms with Crippen molar-refractivity contribution in [3.63, 3.8) is 0 Å². The zero-order valence-corrected chi connectivity index (χ0v) is 13.8. The lowest BCUT2D eigenvalue weighted by atomic mass is 10.1. The number of piperidine rings is 1. The van der Waals surface area contributed by atoms with Crippen molar-refractivity contribution < 1.29 is 8.42 Å². The second kappa shape index (κ2) is 6.95. The van der Waals surface area contributed by atoms with Crippen LogP contribution in [0.4, 0.5) is 5.95 Å². The molecule has 124 valence electrons. The van der Waals surface area contributed by atoms with Crippen LogP contribution in [0.2, 0.25) is 0 Å². The van der Waals surface area contributed by atoms with Crippen LogP contribution in [0.3, 0.4) is 0 Å². The van der Waals surface area contributed by atoms with E-state index in [0.717, 1.165) is 19.4 Å². The smallest absolute Gasteiger partial charge is 0.240 e. The van der Waals surface area contributed by atoms with Crippen LogP contribution in [0.1, 0.15) is 18.4 Å². The number of aromatic nitrogens is 2. The standard InChI is InChI=1S/C16H17N5O2S/c17-11-13-4-6-15(7-5-13)24(22,23)20-14-3-1-10-21(12-14)16-18-8-2-9-19-16/h2,4-9,14,20H,1,3,10,12H2/t14-/m1/s1. The van der Waals surface area contributed by atoms with Gasteiger partial charge in [0.1, 0.15) is 0 Å². The van der Waals surface area contributed by atoms with Gasteiger partial charge in [0.05, 0.1) is 16.5 Å². The summed E-state index contributed by atoms with van der Waals surface area (Å²) in [5, 5.41) is 8.80. The first kappa shape index (κ1) is 16.4. The number of anilines is 1. The molecule has 8 heteroatoms. The molecule has 0 saturated carbocycles. The fourth-order valence-electron chi connectivity index (χ4n) is 2.71. The van der Waals surface area contributed by atoms with E-state index in [1.807, 2.05) is 11.0 Å². The summed E-state index contributed by atoms with van der Waals surface area (Å²) in [7, 11) is -3.62. The molecule has 1 aromatic heterocycles. The van der Waals surface area contributed by atoms with Gasteiger partial charge in [-0.15, -0.1) is 0 Å². The van der Waals surface area contributed by atoms with E-state index in [1.54, 1.807) is 18.5 Å². The lowest BCUT2D eigenvalue weighted by molar-refractivity contribution is 0.461. The van der Waals surface area contributed by atoms with E-state index < -0.39 is 10.0 Å². The Morgan fingerprint density at radius 1 is 1.21 bits per heavy atom. The molecule has 0 bridgehead atoms. The highest BCUT2D eigenvalue weighted by atomic mass is 32.2. The molecule has 0 spiro atoms. The molecule has 1 fully saturated rings. The molecule has 1 saturated heterocycles. The number of nitriles is 1. The molecular weight excluding hydrogens is 326 g/mol. The summed E-state index contributed by atoms with van der Waals surface area (Å²) in [4.78, 5) is 10.6. The van der Waals surface area contributed by atoms with Crippen LogP contribution in [0.5, 0.6) is 0 Å². The highest BCUT2D eigenvalue weighted by molar-refractivity contribution is 7.89. The van der Waals surface area contributed by atoms with Gasteiger partial charge in [-0.25, -0.2) is 23.1 Å². The predicted octanol–water partition coefficient (Wildman–Crippen LogP) is 1.30. The number of hydrogen-bond acceptors (Lipinski definition) is 6. The van der Waals surface area contributed by atoms with Crippen LogP contribution in [-0.4, -0.2) is 37.5 Å². The quantitative estimate of drug-likeness (QED) is 0.898. The van der Waals surface area contributed by atoms with Gasteiger partial charge >= 0.3 is 0 Å². The summed E-state index contributed by atoms with van der Waals surface area (Å²) in [6, 6.07) is 9.41. The average Bonchev–Trinajstić information content (AvgIpc) is 2.62. The molecule has 0 amide bonds. The maximum atomic E-state index is 12.5. The minimum absolute atomic E-state index is 0.162. The average molecular weight is 343 g/mol. The molecule has 0 radical (unpaired) electrons. The van der Waals surface area contributed by atoms with Gasteiger partial charge in [0.25, 0.3) is 0 Å². The van der Waals surface area contributed by atoms with E-state index >= 15 is 0 Å². The SMILES string of the molecule is N#Cc1ccc(S(=O)(=O)N[C@@H]2CCCN(c3ncccn3)C2)cc1. The van der Waals surface area contributed by atoms with E-state index in [-0.39, 0.29) is 10.9 Å². The zero-order valence-electron chi connectivity index (χ0n) is 13.0. The maximum absolute atomic E-state index is 12.5. The van der Waals surface area contributed by atoms with Gasteiger partial charge in [-0.3, -0.25) is 0 Å². The molecule has 24 heavy (non-hydrogen) atoms. The minimum Gasteiger partial charge on any atom is -0.339 e. The summed E-state index contributed by atoms with van der Waals surface area (Å²) in [6.07, 6.45) is 4.97. The zero-order chi connectivity index (χ0) is 17.0. The van der Waals surface area contributed by atoms with Crippen molar-refractivity contribution in [2.24, 2.45) is 0 Å². The first-order chi connectivity index (χ1) is 11.6. The van der Waals surface area contributed by atoms with Crippen molar-refractivity contribution in [1.82, 2.24) is 14.7 Å². The van der Waals surface area contributed by atoms with Gasteiger partial charge in [-0.05, 0) is 43.2 Å². The second-order valence-corrected chi connectivity index (χ2v) is 7.31. The molecule has 7 nitrogen and oxygen atoms in total. The van der Waals surface area contributed by atoms with Crippen LogP contribution < -0.4 is 9.62 Å². The summed E-state index contributed by atoms with van der Waals surface area (Å²) < 4.78 is 27.7. The third kappa shape index (κ3) is 3.69. The normalized spacial score (nSPS) is 18.1. The van der Waals surface area contributed by atoms with Crippen molar-refractivity contribution in [3.8, 4) is 6.07 Å². The maximum Gasteiger partial charge on any atom is 0.240 e. The summed E-state index contributed by atoms with van der Waals surface area (Å²) in [5.41, 5.74) is 0.430. The largest absolute Gasteiger partial charge is 0.339 e. The van der Waals surface area contributed by atoms with E-state index in [9.17, 15) is 8.42 Å². The number of rotatable bonds is 4. The Bertz CT molecular complexity index is 831. The highest BCUT2D eigenvalue weighted by Gasteiger charge is 2.26. The number of nitrogens with one attached hydrogen (secondary N) is 1. The molecule has 1 aliphatic rings.